The second-order valence-electron chi connectivity index (χ2n) is 8.28. The van der Waals surface area contributed by atoms with Gasteiger partial charge in [-0.2, -0.15) is 0 Å². The van der Waals surface area contributed by atoms with Crippen molar-refractivity contribution >= 4 is 11.6 Å². The highest BCUT2D eigenvalue weighted by atomic mass is 35.5. The van der Waals surface area contributed by atoms with Crippen LogP contribution in [0.3, 0.4) is 0 Å². The standard InChI is InChI=1S/C25H25ClO/c1-24(2,3)27-21-16-14-19(15-17-21)23-22(18-10-6-4-7-11-18)25(23,26)20-12-8-5-9-13-20/h4-17,22-23H,1-3H3. The maximum absolute atomic E-state index is 7.29. The molecule has 0 aromatic heterocycles. The Morgan fingerprint density at radius 2 is 1.19 bits per heavy atom. The van der Waals surface area contributed by atoms with Crippen LogP contribution < -0.4 is 4.74 Å². The number of hydrogen-bond donors (Lipinski definition) is 0. The van der Waals surface area contributed by atoms with Crippen molar-refractivity contribution < 1.29 is 4.74 Å². The van der Waals surface area contributed by atoms with Gasteiger partial charge in [-0.25, -0.2) is 0 Å². The van der Waals surface area contributed by atoms with Crippen molar-refractivity contribution in [3.8, 4) is 5.75 Å². The third-order valence-corrected chi connectivity index (χ3v) is 5.86. The van der Waals surface area contributed by atoms with Gasteiger partial charge in [0.2, 0.25) is 0 Å². The predicted octanol–water partition coefficient (Wildman–Crippen LogP) is 6.88. The Morgan fingerprint density at radius 3 is 1.70 bits per heavy atom. The van der Waals surface area contributed by atoms with E-state index < -0.39 is 4.87 Å². The molecule has 0 radical (unpaired) electrons. The topological polar surface area (TPSA) is 9.23 Å². The van der Waals surface area contributed by atoms with E-state index in [1.807, 2.05) is 6.07 Å². The number of hydrogen-bond acceptors (Lipinski definition) is 1. The van der Waals surface area contributed by atoms with Crippen molar-refractivity contribution in [3.63, 3.8) is 0 Å². The third kappa shape index (κ3) is 3.49. The molecular formula is C25H25ClO. The summed E-state index contributed by atoms with van der Waals surface area (Å²) >= 11 is 7.29. The molecule has 2 heteroatoms. The van der Waals surface area contributed by atoms with Crippen molar-refractivity contribution in [2.45, 2.75) is 43.1 Å². The van der Waals surface area contributed by atoms with E-state index in [2.05, 4.69) is 99.6 Å². The molecule has 1 aliphatic carbocycles. The summed E-state index contributed by atoms with van der Waals surface area (Å²) in [6.45, 7) is 6.19. The molecule has 1 saturated carbocycles. The van der Waals surface area contributed by atoms with E-state index in [1.165, 1.54) is 16.7 Å². The van der Waals surface area contributed by atoms with Crippen LogP contribution in [0.1, 0.15) is 49.3 Å². The first kappa shape index (κ1) is 18.1. The molecule has 0 N–H and O–H groups in total. The van der Waals surface area contributed by atoms with Crippen LogP contribution >= 0.6 is 11.6 Å². The summed E-state index contributed by atoms with van der Waals surface area (Å²) in [5, 5.41) is 0. The van der Waals surface area contributed by atoms with Crippen LogP contribution in [0.2, 0.25) is 0 Å². The van der Waals surface area contributed by atoms with E-state index in [0.717, 1.165) is 5.75 Å². The Balaban J connectivity index is 1.69. The van der Waals surface area contributed by atoms with Gasteiger partial charge in [-0.1, -0.05) is 72.8 Å². The fourth-order valence-corrected chi connectivity index (χ4v) is 4.60. The molecule has 3 aromatic rings. The Bertz CT molecular complexity index is 897. The van der Waals surface area contributed by atoms with Crippen LogP contribution in [-0.4, -0.2) is 5.60 Å². The van der Waals surface area contributed by atoms with Crippen molar-refractivity contribution in [3.05, 3.63) is 102 Å². The number of benzene rings is 3. The summed E-state index contributed by atoms with van der Waals surface area (Å²) in [4.78, 5) is -0.408. The maximum atomic E-state index is 7.29. The lowest BCUT2D eigenvalue weighted by Gasteiger charge is -2.21. The molecule has 138 valence electrons. The van der Waals surface area contributed by atoms with Crippen LogP contribution in [0.15, 0.2) is 84.9 Å². The quantitative estimate of drug-likeness (QED) is 0.451. The maximum Gasteiger partial charge on any atom is 0.120 e. The van der Waals surface area contributed by atoms with Crippen molar-refractivity contribution in [1.82, 2.24) is 0 Å². The summed E-state index contributed by atoms with van der Waals surface area (Å²) in [6.07, 6.45) is 0. The van der Waals surface area contributed by atoms with Gasteiger partial charge in [0.25, 0.3) is 0 Å². The first-order chi connectivity index (χ1) is 12.9. The molecule has 27 heavy (non-hydrogen) atoms. The molecule has 0 heterocycles. The van der Waals surface area contributed by atoms with Gasteiger partial charge >= 0.3 is 0 Å². The van der Waals surface area contributed by atoms with Gasteiger partial charge in [0.15, 0.2) is 0 Å². The molecule has 1 aliphatic rings. The highest BCUT2D eigenvalue weighted by molar-refractivity contribution is 6.28. The highest BCUT2D eigenvalue weighted by Crippen LogP contribution is 2.73. The molecule has 1 nitrogen and oxygen atoms in total. The Labute approximate surface area is 167 Å². The predicted molar refractivity (Wildman–Crippen MR) is 113 cm³/mol. The second kappa shape index (κ2) is 6.73. The van der Waals surface area contributed by atoms with Crippen LogP contribution in [0.5, 0.6) is 5.75 Å². The van der Waals surface area contributed by atoms with Gasteiger partial charge in [-0.15, -0.1) is 11.6 Å². The minimum atomic E-state index is -0.408. The molecule has 4 rings (SSSR count). The number of alkyl halides is 1. The smallest absolute Gasteiger partial charge is 0.120 e. The molecule has 3 atom stereocenters. The summed E-state index contributed by atoms with van der Waals surface area (Å²) in [5.41, 5.74) is 3.52. The van der Waals surface area contributed by atoms with Crippen molar-refractivity contribution in [2.75, 3.05) is 0 Å². The molecule has 0 amide bonds. The van der Waals surface area contributed by atoms with E-state index in [-0.39, 0.29) is 17.4 Å². The number of halogens is 1. The van der Waals surface area contributed by atoms with Gasteiger partial charge < -0.3 is 4.74 Å². The van der Waals surface area contributed by atoms with Crippen molar-refractivity contribution in [1.29, 1.82) is 0 Å². The summed E-state index contributed by atoms with van der Waals surface area (Å²) in [7, 11) is 0. The van der Waals surface area contributed by atoms with Crippen molar-refractivity contribution in [2.24, 2.45) is 0 Å². The molecule has 0 aliphatic heterocycles. The number of rotatable bonds is 4. The Morgan fingerprint density at radius 1 is 0.704 bits per heavy atom. The van der Waals surface area contributed by atoms with Gasteiger partial charge in [-0.3, -0.25) is 0 Å². The molecule has 0 saturated heterocycles. The highest BCUT2D eigenvalue weighted by Gasteiger charge is 2.65. The summed E-state index contributed by atoms with van der Waals surface area (Å²) < 4.78 is 5.97. The normalized spacial score (nSPS) is 24.4. The van der Waals surface area contributed by atoms with Gasteiger partial charge in [0.1, 0.15) is 11.4 Å². The lowest BCUT2D eigenvalue weighted by molar-refractivity contribution is 0.131. The van der Waals surface area contributed by atoms with E-state index in [9.17, 15) is 0 Å². The fourth-order valence-electron chi connectivity index (χ4n) is 4.04. The van der Waals surface area contributed by atoms with Crippen LogP contribution in [0, 0.1) is 0 Å². The number of ether oxygens (including phenoxy) is 1. The SMILES string of the molecule is CC(C)(C)Oc1ccc(C2C(c3ccccc3)C2(Cl)c2ccccc2)cc1. The molecule has 1 fully saturated rings. The monoisotopic (exact) mass is 376 g/mol. The minimum absolute atomic E-state index is 0.200. The third-order valence-electron chi connectivity index (χ3n) is 5.17. The van der Waals surface area contributed by atoms with Gasteiger partial charge in [0.05, 0.1) is 4.87 Å². The molecule has 3 unspecified atom stereocenters. The molecule has 0 bridgehead atoms. The van der Waals surface area contributed by atoms with Crippen LogP contribution in [-0.2, 0) is 4.87 Å². The summed E-state index contributed by atoms with van der Waals surface area (Å²) in [5.74, 6) is 1.40. The lowest BCUT2D eigenvalue weighted by atomic mass is 10.0. The zero-order valence-corrected chi connectivity index (χ0v) is 16.8. The van der Waals surface area contributed by atoms with E-state index in [4.69, 9.17) is 16.3 Å². The molecular weight excluding hydrogens is 352 g/mol. The average molecular weight is 377 g/mol. The van der Waals surface area contributed by atoms with Crippen LogP contribution in [0.25, 0.3) is 0 Å². The zero-order valence-electron chi connectivity index (χ0n) is 16.0. The summed E-state index contributed by atoms with van der Waals surface area (Å²) in [6, 6.07) is 29.5. The first-order valence-electron chi connectivity index (χ1n) is 9.48. The van der Waals surface area contributed by atoms with Gasteiger partial charge in [-0.05, 0) is 49.6 Å². The van der Waals surface area contributed by atoms with Gasteiger partial charge in [0, 0.05) is 11.8 Å². The lowest BCUT2D eigenvalue weighted by Crippen LogP contribution is -2.22. The minimum Gasteiger partial charge on any atom is -0.488 e. The largest absolute Gasteiger partial charge is 0.488 e. The van der Waals surface area contributed by atoms with Crippen LogP contribution in [0.4, 0.5) is 0 Å². The zero-order chi connectivity index (χ0) is 19.1. The fraction of sp³-hybridized carbons (Fsp3) is 0.280. The van der Waals surface area contributed by atoms with E-state index >= 15 is 0 Å². The Hall–Kier alpha value is -2.25. The molecule has 0 spiro atoms. The Kier molecular flexibility index (Phi) is 4.52. The first-order valence-corrected chi connectivity index (χ1v) is 9.86. The van der Waals surface area contributed by atoms with E-state index in [1.54, 1.807) is 0 Å². The average Bonchev–Trinajstić information content (AvgIpc) is 3.30. The van der Waals surface area contributed by atoms with E-state index in [0.29, 0.717) is 0 Å². The second-order valence-corrected chi connectivity index (χ2v) is 8.91. The molecule has 3 aromatic carbocycles.